The summed E-state index contributed by atoms with van der Waals surface area (Å²) >= 11 is 3.16. The largest absolute Gasteiger partial charge is 0.507 e. The van der Waals surface area contributed by atoms with Crippen LogP contribution in [-0.4, -0.2) is 20.2 Å². The smallest absolute Gasteiger partial charge is 0.128 e. The molecular formula is C48H33N3O2S2. The van der Waals surface area contributed by atoms with Gasteiger partial charge in [0, 0.05) is 17.1 Å². The quantitative estimate of drug-likeness (QED) is 0.144. The Kier molecular flexibility index (Phi) is 9.22. The molecule has 7 heteroatoms. The highest BCUT2D eigenvalue weighted by atomic mass is 32.1. The fourth-order valence-electron chi connectivity index (χ4n) is 6.52. The molecule has 55 heavy (non-hydrogen) atoms. The highest BCUT2D eigenvalue weighted by Crippen LogP contribution is 2.38. The van der Waals surface area contributed by atoms with E-state index >= 15 is 0 Å². The van der Waals surface area contributed by atoms with Crippen LogP contribution in [0.15, 0.2) is 164 Å². The van der Waals surface area contributed by atoms with Crippen molar-refractivity contribution in [2.75, 3.05) is 4.90 Å². The van der Waals surface area contributed by atoms with E-state index in [1.54, 1.807) is 34.8 Å². The van der Waals surface area contributed by atoms with E-state index < -0.39 is 0 Å². The lowest BCUT2D eigenvalue weighted by Gasteiger charge is -2.25. The van der Waals surface area contributed by atoms with Gasteiger partial charge in [-0.05, 0) is 107 Å². The highest BCUT2D eigenvalue weighted by Gasteiger charge is 2.14. The van der Waals surface area contributed by atoms with Crippen molar-refractivity contribution in [2.45, 2.75) is 0 Å². The number of para-hydroxylation sites is 3. The zero-order valence-corrected chi connectivity index (χ0v) is 31.1. The van der Waals surface area contributed by atoms with Gasteiger partial charge < -0.3 is 15.1 Å². The minimum Gasteiger partial charge on any atom is -0.507 e. The summed E-state index contributed by atoms with van der Waals surface area (Å²) in [6, 6.07) is 54.7. The molecule has 9 aromatic rings. The van der Waals surface area contributed by atoms with Crippen LogP contribution in [0.4, 0.5) is 17.1 Å². The number of aromatic hydroxyl groups is 2. The SMILES string of the molecule is Oc1cc(/C=C/c2ccc(N(c3ccccc3)c3ccc(/C=C/c4ccc(-c5nc6ccccc6s5)c(O)c4)cc3)cc2)ccc1-c1nc2ccccc2s1. The Bertz CT molecular complexity index is 2600. The predicted octanol–water partition coefficient (Wildman–Crippen LogP) is 13.5. The van der Waals surface area contributed by atoms with Gasteiger partial charge in [0.1, 0.15) is 21.5 Å². The fourth-order valence-corrected chi connectivity index (χ4v) is 8.52. The Labute approximate surface area is 326 Å². The molecule has 0 aliphatic rings. The van der Waals surface area contributed by atoms with Gasteiger partial charge in [0.15, 0.2) is 0 Å². The summed E-state index contributed by atoms with van der Waals surface area (Å²) in [4.78, 5) is 11.6. The van der Waals surface area contributed by atoms with Crippen molar-refractivity contribution in [1.82, 2.24) is 9.97 Å². The lowest BCUT2D eigenvalue weighted by atomic mass is 10.1. The molecule has 0 aliphatic carbocycles. The standard InChI is InChI=1S/C48H33N3O2S2/c52-43-30-34(22-28-39(43)47-49-41-10-4-6-12-45(41)54-47)16-14-32-18-24-37(25-19-32)51(36-8-2-1-3-9-36)38-26-20-33(21-27-38)15-17-35-23-29-40(44(53)31-35)48-50-42-11-5-7-13-46(42)55-48/h1-31,52-53H/b16-14+,17-15+. The summed E-state index contributed by atoms with van der Waals surface area (Å²) in [6.07, 6.45) is 8.13. The first-order chi connectivity index (χ1) is 27.0. The van der Waals surface area contributed by atoms with Crippen molar-refractivity contribution < 1.29 is 10.2 Å². The molecule has 0 bridgehead atoms. The van der Waals surface area contributed by atoms with Gasteiger partial charge in [-0.3, -0.25) is 0 Å². The van der Waals surface area contributed by atoms with Crippen LogP contribution in [0.5, 0.6) is 11.5 Å². The second-order valence-electron chi connectivity index (χ2n) is 13.0. The van der Waals surface area contributed by atoms with Crippen molar-refractivity contribution in [2.24, 2.45) is 0 Å². The Morgan fingerprint density at radius 1 is 0.400 bits per heavy atom. The predicted molar refractivity (Wildman–Crippen MR) is 232 cm³/mol. The van der Waals surface area contributed by atoms with E-state index in [0.717, 1.165) is 80.9 Å². The van der Waals surface area contributed by atoms with Crippen molar-refractivity contribution in [3.8, 4) is 32.6 Å². The van der Waals surface area contributed by atoms with Crippen molar-refractivity contribution in [3.05, 3.63) is 186 Å². The fraction of sp³-hybridized carbons (Fsp3) is 0. The van der Waals surface area contributed by atoms with Crippen LogP contribution >= 0.6 is 22.7 Å². The summed E-state index contributed by atoms with van der Waals surface area (Å²) < 4.78 is 2.20. The molecule has 0 fully saturated rings. The van der Waals surface area contributed by atoms with E-state index in [0.29, 0.717) is 0 Å². The summed E-state index contributed by atoms with van der Waals surface area (Å²) in [7, 11) is 0. The van der Waals surface area contributed by atoms with Gasteiger partial charge in [0.25, 0.3) is 0 Å². The van der Waals surface area contributed by atoms with Crippen LogP contribution < -0.4 is 4.90 Å². The molecule has 2 heterocycles. The molecule has 0 spiro atoms. The number of hydrogen-bond donors (Lipinski definition) is 2. The lowest BCUT2D eigenvalue weighted by molar-refractivity contribution is 0.476. The molecule has 0 amide bonds. The second-order valence-corrected chi connectivity index (χ2v) is 15.1. The molecular weight excluding hydrogens is 715 g/mol. The van der Waals surface area contributed by atoms with E-state index in [1.807, 2.05) is 103 Å². The van der Waals surface area contributed by atoms with Gasteiger partial charge in [0.05, 0.1) is 31.6 Å². The van der Waals surface area contributed by atoms with E-state index in [9.17, 15) is 10.2 Å². The maximum absolute atomic E-state index is 10.9. The number of benzene rings is 7. The normalized spacial score (nSPS) is 11.6. The summed E-state index contributed by atoms with van der Waals surface area (Å²) in [5, 5.41) is 23.4. The third kappa shape index (κ3) is 7.27. The summed E-state index contributed by atoms with van der Waals surface area (Å²) in [6.45, 7) is 0. The van der Waals surface area contributed by atoms with Gasteiger partial charge >= 0.3 is 0 Å². The molecule has 5 nitrogen and oxygen atoms in total. The Hall–Kier alpha value is -6.80. The number of rotatable bonds is 9. The molecule has 2 N–H and O–H groups in total. The monoisotopic (exact) mass is 747 g/mol. The molecule has 7 aromatic carbocycles. The van der Waals surface area contributed by atoms with E-state index in [-0.39, 0.29) is 11.5 Å². The summed E-state index contributed by atoms with van der Waals surface area (Å²) in [5.74, 6) is 0.428. The Morgan fingerprint density at radius 2 is 0.782 bits per heavy atom. The average molecular weight is 748 g/mol. The molecule has 0 unspecified atom stereocenters. The van der Waals surface area contributed by atoms with E-state index in [1.165, 1.54) is 0 Å². The first-order valence-corrected chi connectivity index (χ1v) is 19.5. The minimum absolute atomic E-state index is 0.214. The van der Waals surface area contributed by atoms with Crippen molar-refractivity contribution in [3.63, 3.8) is 0 Å². The van der Waals surface area contributed by atoms with Gasteiger partial charge in [-0.25, -0.2) is 9.97 Å². The van der Waals surface area contributed by atoms with E-state index in [2.05, 4.69) is 77.7 Å². The lowest BCUT2D eigenvalue weighted by Crippen LogP contribution is -2.09. The van der Waals surface area contributed by atoms with Crippen molar-refractivity contribution >= 4 is 84.5 Å². The number of thiazole rings is 2. The van der Waals surface area contributed by atoms with Crippen LogP contribution in [0.25, 0.3) is 65.9 Å². The van der Waals surface area contributed by atoms with Crippen molar-refractivity contribution in [1.29, 1.82) is 0 Å². The number of hydrogen-bond acceptors (Lipinski definition) is 7. The highest BCUT2D eigenvalue weighted by molar-refractivity contribution is 7.22. The third-order valence-corrected chi connectivity index (χ3v) is 11.5. The topological polar surface area (TPSA) is 69.5 Å². The average Bonchev–Trinajstić information content (AvgIpc) is 3.86. The maximum atomic E-state index is 10.9. The minimum atomic E-state index is 0.214. The maximum Gasteiger partial charge on any atom is 0.128 e. The van der Waals surface area contributed by atoms with Crippen LogP contribution in [0.3, 0.4) is 0 Å². The number of phenolic OH excluding ortho intramolecular Hbond substituents is 2. The first-order valence-electron chi connectivity index (χ1n) is 17.8. The summed E-state index contributed by atoms with van der Waals surface area (Å²) in [5.41, 5.74) is 10.4. The van der Waals surface area contributed by atoms with Gasteiger partial charge in [-0.15, -0.1) is 22.7 Å². The van der Waals surface area contributed by atoms with E-state index in [4.69, 9.17) is 9.97 Å². The molecule has 0 radical (unpaired) electrons. The third-order valence-electron chi connectivity index (χ3n) is 9.35. The zero-order valence-electron chi connectivity index (χ0n) is 29.5. The van der Waals surface area contributed by atoms with Crippen LogP contribution in [0.2, 0.25) is 0 Å². The number of aromatic nitrogens is 2. The number of nitrogens with zero attached hydrogens (tertiary/aromatic N) is 3. The molecule has 0 aliphatic heterocycles. The van der Waals surface area contributed by atoms with Crippen LogP contribution in [0, 0.1) is 0 Å². The Morgan fingerprint density at radius 3 is 1.22 bits per heavy atom. The number of anilines is 3. The molecule has 0 atom stereocenters. The molecule has 264 valence electrons. The van der Waals surface area contributed by atoms with Gasteiger partial charge in [-0.2, -0.15) is 0 Å². The molecule has 0 saturated carbocycles. The molecule has 2 aromatic heterocycles. The van der Waals surface area contributed by atoms with Crippen LogP contribution in [0.1, 0.15) is 22.3 Å². The molecule has 9 rings (SSSR count). The zero-order chi connectivity index (χ0) is 37.1. The van der Waals surface area contributed by atoms with Gasteiger partial charge in [-0.1, -0.05) is 103 Å². The molecule has 0 saturated heterocycles. The van der Waals surface area contributed by atoms with Crippen LogP contribution in [-0.2, 0) is 0 Å². The van der Waals surface area contributed by atoms with Gasteiger partial charge in [0.2, 0.25) is 0 Å². The number of phenols is 2. The first kappa shape index (κ1) is 34.0. The number of fused-ring (bicyclic) bond motifs is 2. The Balaban J connectivity index is 0.908. The second kappa shape index (κ2) is 14.9.